The lowest BCUT2D eigenvalue weighted by molar-refractivity contribution is -0.153. The number of cyclic esters (lactones) is 1. The Kier molecular flexibility index (Phi) is 5.43. The number of carbonyl (C=O) groups excluding carboxylic acids is 2. The van der Waals surface area contributed by atoms with Gasteiger partial charge in [0.15, 0.2) is 0 Å². The van der Waals surface area contributed by atoms with Crippen molar-refractivity contribution in [2.24, 2.45) is 0 Å². The van der Waals surface area contributed by atoms with Gasteiger partial charge in [-0.3, -0.25) is 0 Å². The summed E-state index contributed by atoms with van der Waals surface area (Å²) in [7, 11) is 0. The molecule has 144 valence electrons. The van der Waals surface area contributed by atoms with E-state index in [4.69, 9.17) is 25.8 Å². The Morgan fingerprint density at radius 3 is 2.67 bits per heavy atom. The number of carbonyl (C=O) groups is 2. The fourth-order valence-corrected chi connectivity index (χ4v) is 3.68. The van der Waals surface area contributed by atoms with Crippen molar-refractivity contribution in [1.29, 1.82) is 0 Å². The minimum Gasteiger partial charge on any atom is -0.434 e. The van der Waals surface area contributed by atoms with Gasteiger partial charge in [0.1, 0.15) is 5.76 Å². The van der Waals surface area contributed by atoms with Crippen molar-refractivity contribution < 1.29 is 28.9 Å². The second-order valence-electron chi connectivity index (χ2n) is 5.99. The van der Waals surface area contributed by atoms with Crippen molar-refractivity contribution >= 4 is 23.7 Å². The summed E-state index contributed by atoms with van der Waals surface area (Å²) in [4.78, 5) is 26.3. The number of allylic oxidation sites excluding steroid dienone is 2. The maximum atomic E-state index is 12.5. The van der Waals surface area contributed by atoms with Crippen molar-refractivity contribution in [2.75, 3.05) is 13.2 Å². The average molecular weight is 394 g/mol. The van der Waals surface area contributed by atoms with Crippen molar-refractivity contribution in [1.82, 2.24) is 4.90 Å². The van der Waals surface area contributed by atoms with E-state index in [0.717, 1.165) is 0 Å². The number of hydrogen-bond acceptors (Lipinski definition) is 7. The van der Waals surface area contributed by atoms with Gasteiger partial charge in [-0.15, -0.1) is 0 Å². The molecule has 8 heteroatoms. The van der Waals surface area contributed by atoms with E-state index in [1.165, 1.54) is 0 Å². The van der Waals surface area contributed by atoms with Gasteiger partial charge in [0.05, 0.1) is 29.5 Å². The number of aliphatic hydroxyl groups excluding tert-OH is 1. The molecule has 0 aliphatic carbocycles. The second-order valence-corrected chi connectivity index (χ2v) is 6.40. The van der Waals surface area contributed by atoms with Crippen molar-refractivity contribution in [3.8, 4) is 0 Å². The number of nitrogens with zero attached hydrogens (tertiary/aromatic N) is 1. The number of rotatable bonds is 4. The number of aliphatic hydroxyl groups is 1. The van der Waals surface area contributed by atoms with Crippen LogP contribution in [0.1, 0.15) is 32.3 Å². The highest BCUT2D eigenvalue weighted by Crippen LogP contribution is 2.47. The van der Waals surface area contributed by atoms with Crippen molar-refractivity contribution in [3.63, 3.8) is 0 Å². The summed E-state index contributed by atoms with van der Waals surface area (Å²) in [6.07, 6.45) is -2.27. The van der Waals surface area contributed by atoms with E-state index < -0.39 is 24.3 Å². The van der Waals surface area contributed by atoms with E-state index in [9.17, 15) is 14.7 Å². The highest BCUT2D eigenvalue weighted by atomic mass is 35.5. The van der Waals surface area contributed by atoms with Crippen LogP contribution in [0.25, 0.3) is 0 Å². The predicted molar refractivity (Wildman–Crippen MR) is 96.5 cm³/mol. The Morgan fingerprint density at radius 1 is 1.33 bits per heavy atom. The van der Waals surface area contributed by atoms with E-state index in [0.29, 0.717) is 28.5 Å². The molecule has 3 rings (SSSR count). The predicted octanol–water partition coefficient (Wildman–Crippen LogP) is 3.29. The van der Waals surface area contributed by atoms with Gasteiger partial charge in [0.25, 0.3) is 0 Å². The molecule has 1 aromatic rings. The first-order chi connectivity index (χ1) is 12.9. The number of hydrogen-bond donors (Lipinski definition) is 1. The summed E-state index contributed by atoms with van der Waals surface area (Å²) < 4.78 is 15.4. The van der Waals surface area contributed by atoms with Gasteiger partial charge in [-0.25, -0.2) is 9.59 Å². The van der Waals surface area contributed by atoms with Crippen molar-refractivity contribution in [3.05, 3.63) is 57.6 Å². The number of halogens is 1. The van der Waals surface area contributed by atoms with Gasteiger partial charge in [0, 0.05) is 11.6 Å². The van der Waals surface area contributed by atoms with Gasteiger partial charge in [-0.2, -0.15) is 0 Å². The van der Waals surface area contributed by atoms with Crippen LogP contribution in [-0.2, 0) is 19.0 Å². The molecule has 0 spiro atoms. The zero-order valence-corrected chi connectivity index (χ0v) is 15.9. The third-order valence-corrected chi connectivity index (χ3v) is 4.88. The smallest absolute Gasteiger partial charge is 0.434 e. The number of benzene rings is 1. The van der Waals surface area contributed by atoms with E-state index in [1.807, 2.05) is 6.92 Å². The van der Waals surface area contributed by atoms with Gasteiger partial charge in [-0.05, 0) is 32.4 Å². The summed E-state index contributed by atoms with van der Waals surface area (Å²) in [6.45, 7) is 5.83. The summed E-state index contributed by atoms with van der Waals surface area (Å²) in [5, 5.41) is 10.7. The molecule has 2 heterocycles. The summed E-state index contributed by atoms with van der Waals surface area (Å²) in [5.41, 5.74) is 1.65. The van der Waals surface area contributed by atoms with Crippen LogP contribution >= 0.6 is 11.6 Å². The van der Waals surface area contributed by atoms with Crippen molar-refractivity contribution in [2.45, 2.75) is 33.0 Å². The number of ether oxygens (including phenoxy) is 3. The van der Waals surface area contributed by atoms with Gasteiger partial charge in [-0.1, -0.05) is 29.8 Å². The summed E-state index contributed by atoms with van der Waals surface area (Å²) in [5.74, 6) is -1.27. The molecule has 0 radical (unpaired) electrons. The first kappa shape index (κ1) is 19.3. The number of likely N-dealkylation sites (N-methyl/N-ethyl adjacent to an activating group) is 1. The van der Waals surface area contributed by atoms with Crippen LogP contribution in [0.5, 0.6) is 0 Å². The maximum absolute atomic E-state index is 12.5. The van der Waals surface area contributed by atoms with Crippen LogP contribution in [0.15, 0.2) is 47.0 Å². The fourth-order valence-electron chi connectivity index (χ4n) is 3.44. The first-order valence-electron chi connectivity index (χ1n) is 8.61. The zero-order chi connectivity index (χ0) is 19.7. The second kappa shape index (κ2) is 7.62. The van der Waals surface area contributed by atoms with Crippen LogP contribution in [-0.4, -0.2) is 41.6 Å². The molecule has 0 amide bonds. The third kappa shape index (κ3) is 3.28. The van der Waals surface area contributed by atoms with Gasteiger partial charge in [0.2, 0.25) is 6.29 Å². The minimum atomic E-state index is -1.39. The molecule has 27 heavy (non-hydrogen) atoms. The normalized spacial score (nSPS) is 22.0. The van der Waals surface area contributed by atoms with E-state index in [1.54, 1.807) is 43.0 Å². The Bertz CT molecular complexity index is 846. The van der Waals surface area contributed by atoms with Gasteiger partial charge < -0.3 is 24.2 Å². The van der Waals surface area contributed by atoms with Gasteiger partial charge >= 0.3 is 12.1 Å². The molecular weight excluding hydrogens is 374 g/mol. The monoisotopic (exact) mass is 393 g/mol. The molecule has 2 aliphatic rings. The Hall–Kier alpha value is -2.51. The largest absolute Gasteiger partial charge is 0.513 e. The number of esters is 1. The summed E-state index contributed by atoms with van der Waals surface area (Å²) in [6, 6.07) is 6.94. The lowest BCUT2D eigenvalue weighted by Crippen LogP contribution is -2.34. The molecule has 7 nitrogen and oxygen atoms in total. The van der Waals surface area contributed by atoms with Crippen LogP contribution in [0.3, 0.4) is 0 Å². The molecule has 0 saturated carbocycles. The molecule has 0 fully saturated rings. The minimum absolute atomic E-state index is 0.147. The van der Waals surface area contributed by atoms with Crippen LogP contribution < -0.4 is 0 Å². The topological polar surface area (TPSA) is 85.3 Å². The molecule has 0 saturated heterocycles. The van der Waals surface area contributed by atoms with E-state index in [2.05, 4.69) is 0 Å². The quantitative estimate of drug-likeness (QED) is 0.785. The maximum Gasteiger partial charge on any atom is 0.513 e. The molecule has 2 atom stereocenters. The molecule has 2 aliphatic heterocycles. The Morgan fingerprint density at radius 2 is 2.04 bits per heavy atom. The fraction of sp³-hybridized carbons (Fsp3) is 0.368. The summed E-state index contributed by atoms with van der Waals surface area (Å²) >= 11 is 6.37. The van der Waals surface area contributed by atoms with E-state index >= 15 is 0 Å². The van der Waals surface area contributed by atoms with Crippen LogP contribution in [0.2, 0.25) is 5.02 Å². The zero-order valence-electron chi connectivity index (χ0n) is 15.2. The standard InChI is InChI=1S/C19H20ClNO6/c1-4-21-10(3)16(26-19(24)25-5-2)13(11-8-6-7-9-12(11)20)14-15(21)18(23)27-17(14)22/h6-9,13,18,23H,4-5H2,1-3H3. The molecule has 2 unspecified atom stereocenters. The molecule has 1 aromatic carbocycles. The van der Waals surface area contributed by atoms with E-state index in [-0.39, 0.29) is 17.9 Å². The highest BCUT2D eigenvalue weighted by molar-refractivity contribution is 6.31. The Balaban J connectivity index is 2.20. The van der Waals surface area contributed by atoms with Crippen LogP contribution in [0.4, 0.5) is 4.79 Å². The first-order valence-corrected chi connectivity index (χ1v) is 8.98. The highest BCUT2D eigenvalue weighted by Gasteiger charge is 2.48. The van der Waals surface area contributed by atoms with Crippen LogP contribution in [0, 0.1) is 0 Å². The lowest BCUT2D eigenvalue weighted by atomic mass is 9.84. The molecule has 1 N–H and O–H groups in total. The lowest BCUT2D eigenvalue weighted by Gasteiger charge is -2.35. The third-order valence-electron chi connectivity index (χ3n) is 4.54. The average Bonchev–Trinajstić information content (AvgIpc) is 2.91. The molecule has 0 bridgehead atoms. The SMILES string of the molecule is CCOC(=O)OC1=C(C)N(CC)C2=C(C(=O)OC2O)C1c1ccccc1Cl. The molecular formula is C19H20ClNO6. The molecule has 0 aromatic heterocycles. The Labute approximate surface area is 161 Å².